The SMILES string of the molecule is Cc1cnc2ccc(=O)n(CCN3CCC(N)CC3)c2c1.Cc1cnc2ccc(=O)n(CCN3CCC(NCc4ccc(C)c(F)c4)CC3)c2c1. The highest BCUT2D eigenvalue weighted by Gasteiger charge is 2.19. The van der Waals surface area contributed by atoms with Gasteiger partial charge in [-0.05, 0) is 125 Å². The zero-order valence-corrected chi connectivity index (χ0v) is 30.2. The van der Waals surface area contributed by atoms with Crippen molar-refractivity contribution in [2.45, 2.75) is 78.2 Å². The number of nitrogens with two attached hydrogens (primary N) is 1. The number of pyridine rings is 4. The largest absolute Gasteiger partial charge is 0.328 e. The molecule has 3 N–H and O–H groups in total. The third-order valence-corrected chi connectivity index (χ3v) is 10.3. The van der Waals surface area contributed by atoms with Crippen molar-refractivity contribution >= 4 is 22.1 Å². The molecule has 0 unspecified atom stereocenters. The van der Waals surface area contributed by atoms with Gasteiger partial charge in [-0.25, -0.2) is 4.39 Å². The molecule has 0 atom stereocenters. The predicted octanol–water partition coefficient (Wildman–Crippen LogP) is 4.53. The van der Waals surface area contributed by atoms with Crippen molar-refractivity contribution in [2.75, 3.05) is 39.3 Å². The standard InChI is InChI=1S/C24H29FN4O.C16H22N4O/c1-17-13-23-22(27-15-17)5-6-24(30)29(23)12-11-28-9-7-20(8-10-28)26-16-19-4-3-18(2)21(25)14-19;1-12-10-15-14(18-11-12)2-3-16(21)20(15)9-8-19-6-4-13(17)5-7-19/h3-6,13-15,20,26H,7-12,16H2,1-2H3;2-3,10-11,13H,4-9,17H2,1H3. The number of aromatic nitrogens is 4. The minimum Gasteiger partial charge on any atom is -0.328 e. The number of benzene rings is 1. The molecule has 0 aliphatic carbocycles. The zero-order valence-electron chi connectivity index (χ0n) is 30.2. The second kappa shape index (κ2) is 16.8. The molecule has 10 nitrogen and oxygen atoms in total. The van der Waals surface area contributed by atoms with E-state index in [4.69, 9.17) is 5.73 Å². The van der Waals surface area contributed by atoms with Gasteiger partial charge in [-0.3, -0.25) is 19.6 Å². The normalized spacial score (nSPS) is 16.4. The topological polar surface area (TPSA) is 114 Å². The first kappa shape index (κ1) is 36.5. The van der Waals surface area contributed by atoms with Gasteiger partial charge in [-0.1, -0.05) is 12.1 Å². The van der Waals surface area contributed by atoms with E-state index in [2.05, 4.69) is 25.1 Å². The Hall–Kier alpha value is -4.29. The van der Waals surface area contributed by atoms with Gasteiger partial charge in [0.2, 0.25) is 0 Å². The maximum absolute atomic E-state index is 13.7. The van der Waals surface area contributed by atoms with Crippen molar-refractivity contribution in [1.82, 2.24) is 34.2 Å². The van der Waals surface area contributed by atoms with Crippen LogP contribution in [-0.4, -0.2) is 80.3 Å². The summed E-state index contributed by atoms with van der Waals surface area (Å²) in [6.07, 6.45) is 7.87. The Balaban J connectivity index is 0.000000187. The highest BCUT2D eigenvalue weighted by atomic mass is 19.1. The Bertz CT molecular complexity index is 2060. The summed E-state index contributed by atoms with van der Waals surface area (Å²) in [5.41, 5.74) is 13.4. The van der Waals surface area contributed by atoms with Crippen LogP contribution in [0.4, 0.5) is 4.39 Å². The van der Waals surface area contributed by atoms with Gasteiger partial charge in [0.05, 0.1) is 22.1 Å². The van der Waals surface area contributed by atoms with Gasteiger partial charge in [-0.2, -0.15) is 0 Å². The number of nitrogens with zero attached hydrogens (tertiary/aromatic N) is 6. The van der Waals surface area contributed by atoms with Gasteiger partial charge < -0.3 is 30.0 Å². The average Bonchev–Trinajstić information content (AvgIpc) is 3.13. The van der Waals surface area contributed by atoms with E-state index < -0.39 is 0 Å². The average molecular weight is 695 g/mol. The van der Waals surface area contributed by atoms with Crippen LogP contribution in [0.3, 0.4) is 0 Å². The second-order valence-electron chi connectivity index (χ2n) is 14.2. The van der Waals surface area contributed by atoms with E-state index in [0.29, 0.717) is 37.3 Å². The highest BCUT2D eigenvalue weighted by molar-refractivity contribution is 5.75. The van der Waals surface area contributed by atoms with Gasteiger partial charge in [0, 0.05) is 69.3 Å². The van der Waals surface area contributed by atoms with Crippen LogP contribution < -0.4 is 22.2 Å². The maximum atomic E-state index is 13.7. The van der Waals surface area contributed by atoms with E-state index in [9.17, 15) is 14.0 Å². The van der Waals surface area contributed by atoms with Crippen molar-refractivity contribution in [2.24, 2.45) is 5.73 Å². The molecule has 2 aliphatic heterocycles. The zero-order chi connectivity index (χ0) is 35.9. The van der Waals surface area contributed by atoms with E-state index in [1.807, 2.05) is 59.6 Å². The molecule has 4 aromatic heterocycles. The number of aryl methyl sites for hydroxylation is 3. The smallest absolute Gasteiger partial charge is 0.251 e. The minimum atomic E-state index is -0.141. The van der Waals surface area contributed by atoms with E-state index in [1.54, 1.807) is 37.3 Å². The molecular weight excluding hydrogens is 643 g/mol. The quantitative estimate of drug-likeness (QED) is 0.232. The molecule has 1 aromatic carbocycles. The molecule has 0 amide bonds. The molecule has 2 fully saturated rings. The summed E-state index contributed by atoms with van der Waals surface area (Å²) in [5.74, 6) is -0.141. The first-order chi connectivity index (χ1) is 24.6. The lowest BCUT2D eigenvalue weighted by atomic mass is 10.0. The van der Waals surface area contributed by atoms with Crippen molar-refractivity contribution < 1.29 is 4.39 Å². The van der Waals surface area contributed by atoms with Crippen LogP contribution in [0.15, 0.2) is 76.6 Å². The number of hydrogen-bond acceptors (Lipinski definition) is 8. The van der Waals surface area contributed by atoms with E-state index in [0.717, 1.165) is 104 Å². The first-order valence-electron chi connectivity index (χ1n) is 18.2. The Morgan fingerprint density at radius 3 is 1.73 bits per heavy atom. The molecule has 5 aromatic rings. The number of rotatable bonds is 9. The summed E-state index contributed by atoms with van der Waals surface area (Å²) in [6, 6.07) is 17.1. The number of hydrogen-bond donors (Lipinski definition) is 2. The van der Waals surface area contributed by atoms with Crippen molar-refractivity contribution in [3.05, 3.63) is 116 Å². The highest BCUT2D eigenvalue weighted by Crippen LogP contribution is 2.16. The molecule has 2 saturated heterocycles. The summed E-state index contributed by atoms with van der Waals surface area (Å²) < 4.78 is 17.4. The third kappa shape index (κ3) is 9.53. The maximum Gasteiger partial charge on any atom is 0.251 e. The molecule has 0 radical (unpaired) electrons. The van der Waals surface area contributed by atoms with Gasteiger partial charge in [0.25, 0.3) is 11.1 Å². The van der Waals surface area contributed by atoms with Crippen molar-refractivity contribution in [1.29, 1.82) is 0 Å². The first-order valence-corrected chi connectivity index (χ1v) is 18.2. The molecule has 0 spiro atoms. The molecular formula is C40H51FN8O2. The molecule has 0 saturated carbocycles. The van der Waals surface area contributed by atoms with Crippen LogP contribution in [0, 0.1) is 26.6 Å². The number of nitrogens with one attached hydrogen (secondary N) is 1. The second-order valence-corrected chi connectivity index (χ2v) is 14.2. The van der Waals surface area contributed by atoms with Gasteiger partial charge in [0.15, 0.2) is 0 Å². The third-order valence-electron chi connectivity index (χ3n) is 10.3. The fraction of sp³-hybridized carbons (Fsp3) is 0.450. The van der Waals surface area contributed by atoms with Gasteiger partial charge >= 0.3 is 0 Å². The van der Waals surface area contributed by atoms with Crippen LogP contribution in [-0.2, 0) is 19.6 Å². The van der Waals surface area contributed by atoms with Crippen LogP contribution in [0.25, 0.3) is 22.1 Å². The molecule has 7 rings (SSSR count). The minimum absolute atomic E-state index is 0.0248. The number of fused-ring (bicyclic) bond motifs is 2. The van der Waals surface area contributed by atoms with E-state index in [1.165, 1.54) is 0 Å². The van der Waals surface area contributed by atoms with Gasteiger partial charge in [-0.15, -0.1) is 0 Å². The summed E-state index contributed by atoms with van der Waals surface area (Å²) in [5, 5.41) is 3.56. The molecule has 6 heterocycles. The lowest BCUT2D eigenvalue weighted by molar-refractivity contribution is 0.191. The Labute approximate surface area is 299 Å². The molecule has 0 bridgehead atoms. The predicted molar refractivity (Wildman–Crippen MR) is 203 cm³/mol. The van der Waals surface area contributed by atoms with Crippen molar-refractivity contribution in [3.63, 3.8) is 0 Å². The molecule has 11 heteroatoms. The van der Waals surface area contributed by atoms with Crippen LogP contribution in [0.2, 0.25) is 0 Å². The Morgan fingerprint density at radius 2 is 1.22 bits per heavy atom. The Kier molecular flexibility index (Phi) is 12.0. The van der Waals surface area contributed by atoms with Crippen LogP contribution in [0.5, 0.6) is 0 Å². The fourth-order valence-electron chi connectivity index (χ4n) is 7.03. The number of halogens is 1. The van der Waals surface area contributed by atoms with Crippen molar-refractivity contribution in [3.8, 4) is 0 Å². The lowest BCUT2D eigenvalue weighted by Gasteiger charge is -2.32. The summed E-state index contributed by atoms with van der Waals surface area (Å²) in [4.78, 5) is 38.2. The molecule has 270 valence electrons. The summed E-state index contributed by atoms with van der Waals surface area (Å²) in [7, 11) is 0. The Morgan fingerprint density at radius 1 is 0.706 bits per heavy atom. The molecule has 2 aliphatic rings. The van der Waals surface area contributed by atoms with Gasteiger partial charge in [0.1, 0.15) is 5.82 Å². The summed E-state index contributed by atoms with van der Waals surface area (Å²) in [6.45, 7) is 13.6. The van der Waals surface area contributed by atoms with E-state index in [-0.39, 0.29) is 16.9 Å². The van der Waals surface area contributed by atoms with E-state index >= 15 is 0 Å². The number of piperidine rings is 2. The molecule has 51 heavy (non-hydrogen) atoms. The number of likely N-dealkylation sites (tertiary alicyclic amines) is 2. The fourth-order valence-corrected chi connectivity index (χ4v) is 7.03. The monoisotopic (exact) mass is 694 g/mol. The summed E-state index contributed by atoms with van der Waals surface area (Å²) >= 11 is 0. The lowest BCUT2D eigenvalue weighted by Crippen LogP contribution is -2.43. The van der Waals surface area contributed by atoms with Crippen LogP contribution >= 0.6 is 0 Å². The van der Waals surface area contributed by atoms with Crippen LogP contribution in [0.1, 0.15) is 47.9 Å².